The molecule has 1 fully saturated rings. The van der Waals surface area contributed by atoms with Gasteiger partial charge in [-0.2, -0.15) is 0 Å². The van der Waals surface area contributed by atoms with E-state index in [9.17, 15) is 13.2 Å². The molecule has 0 aliphatic carbocycles. The molecule has 1 N–H and O–H groups in total. The molecule has 180 valence electrons. The van der Waals surface area contributed by atoms with E-state index >= 15 is 0 Å². The van der Waals surface area contributed by atoms with Crippen LogP contribution < -0.4 is 4.31 Å². The second-order valence-electron chi connectivity index (χ2n) is 7.93. The lowest BCUT2D eigenvalue weighted by Gasteiger charge is -2.32. The molecule has 1 aliphatic heterocycles. The number of anilines is 1. The average Bonchev–Trinajstić information content (AvgIpc) is 3.17. The Bertz CT molecular complexity index is 1080. The Hall–Kier alpha value is -1.16. The van der Waals surface area contributed by atoms with Crippen LogP contribution in [0.2, 0.25) is 15.1 Å². The normalized spacial score (nSPS) is 17.8. The molecule has 1 saturated heterocycles. The van der Waals surface area contributed by atoms with Crippen LogP contribution in [0.25, 0.3) is 0 Å². The molecule has 1 heterocycles. The van der Waals surface area contributed by atoms with E-state index in [4.69, 9.17) is 39.9 Å². The second-order valence-corrected chi connectivity index (χ2v) is 12.3. The number of aliphatic carboxylic acids is 1. The van der Waals surface area contributed by atoms with Gasteiger partial charge in [0.15, 0.2) is 0 Å². The number of sulfonamides is 1. The van der Waals surface area contributed by atoms with Crippen molar-refractivity contribution in [1.82, 2.24) is 4.90 Å². The predicted molar refractivity (Wildman–Crippen MR) is 136 cm³/mol. The van der Waals surface area contributed by atoms with Gasteiger partial charge in [0, 0.05) is 33.8 Å². The predicted octanol–water partition coefficient (Wildman–Crippen LogP) is 5.86. The van der Waals surface area contributed by atoms with E-state index in [-0.39, 0.29) is 21.6 Å². The van der Waals surface area contributed by atoms with Crippen molar-refractivity contribution in [2.24, 2.45) is 0 Å². The molecule has 11 heteroatoms. The molecule has 33 heavy (non-hydrogen) atoms. The monoisotopic (exact) mass is 550 g/mol. The summed E-state index contributed by atoms with van der Waals surface area (Å²) in [5.74, 6) is -0.0106. The SMILES string of the molecule is C[C@H](CCCN1CSC(CC(=O)O)C1)N(c1cc(Cl)ccc1Cl)S(=O)(=O)c1ccc(Cl)cc1. The maximum absolute atomic E-state index is 13.6. The summed E-state index contributed by atoms with van der Waals surface area (Å²) in [6.07, 6.45) is 1.48. The number of hydrogen-bond donors (Lipinski definition) is 1. The first-order valence-electron chi connectivity index (χ1n) is 10.4. The lowest BCUT2D eigenvalue weighted by molar-refractivity contribution is -0.137. The van der Waals surface area contributed by atoms with E-state index in [1.165, 1.54) is 28.6 Å². The van der Waals surface area contributed by atoms with E-state index in [1.54, 1.807) is 30.0 Å². The molecule has 2 aromatic rings. The summed E-state index contributed by atoms with van der Waals surface area (Å²) in [5, 5.41) is 10.2. The molecule has 2 atom stereocenters. The van der Waals surface area contributed by atoms with E-state index in [1.807, 2.05) is 6.92 Å². The second kappa shape index (κ2) is 11.5. The maximum atomic E-state index is 13.6. The Morgan fingerprint density at radius 1 is 1.18 bits per heavy atom. The fourth-order valence-electron chi connectivity index (χ4n) is 3.78. The molecular weight excluding hydrogens is 527 g/mol. The Morgan fingerprint density at radius 2 is 1.85 bits per heavy atom. The molecule has 0 aromatic heterocycles. The summed E-state index contributed by atoms with van der Waals surface area (Å²) in [4.78, 5) is 13.3. The van der Waals surface area contributed by atoms with Crippen LogP contribution in [-0.4, -0.2) is 54.7 Å². The summed E-state index contributed by atoms with van der Waals surface area (Å²) in [6.45, 7) is 3.32. The van der Waals surface area contributed by atoms with Gasteiger partial charge in [0.25, 0.3) is 10.0 Å². The van der Waals surface area contributed by atoms with Gasteiger partial charge in [0.1, 0.15) is 0 Å². The number of carbonyl (C=O) groups is 1. The van der Waals surface area contributed by atoms with Gasteiger partial charge < -0.3 is 5.11 Å². The zero-order valence-corrected chi connectivity index (χ0v) is 21.9. The topological polar surface area (TPSA) is 77.9 Å². The van der Waals surface area contributed by atoms with Gasteiger partial charge >= 0.3 is 5.97 Å². The lowest BCUT2D eigenvalue weighted by atomic mass is 10.1. The van der Waals surface area contributed by atoms with Crippen molar-refractivity contribution in [2.75, 3.05) is 23.3 Å². The number of carboxylic acid groups (broad SMARTS) is 1. The highest BCUT2D eigenvalue weighted by atomic mass is 35.5. The summed E-state index contributed by atoms with van der Waals surface area (Å²) in [6, 6.07) is 10.4. The van der Waals surface area contributed by atoms with Crippen molar-refractivity contribution in [3.8, 4) is 0 Å². The Morgan fingerprint density at radius 3 is 2.52 bits per heavy atom. The molecule has 2 aromatic carbocycles. The van der Waals surface area contributed by atoms with Crippen molar-refractivity contribution in [3.63, 3.8) is 0 Å². The number of nitrogens with zero attached hydrogens (tertiary/aromatic N) is 2. The van der Waals surface area contributed by atoms with Gasteiger partial charge in [-0.15, -0.1) is 11.8 Å². The molecular formula is C22H25Cl3N2O4S2. The highest BCUT2D eigenvalue weighted by Crippen LogP contribution is 2.36. The Kier molecular flexibility index (Phi) is 9.23. The average molecular weight is 552 g/mol. The van der Waals surface area contributed by atoms with E-state index in [0.29, 0.717) is 22.2 Å². The van der Waals surface area contributed by atoms with Gasteiger partial charge in [-0.25, -0.2) is 8.42 Å². The Labute approximate surface area is 213 Å². The van der Waals surface area contributed by atoms with Crippen molar-refractivity contribution < 1.29 is 18.3 Å². The highest BCUT2D eigenvalue weighted by molar-refractivity contribution is 8.00. The van der Waals surface area contributed by atoms with Gasteiger partial charge in [0.05, 0.1) is 22.0 Å². The standard InChI is InChI=1S/C22H25Cl3N2O4S2/c1-15(3-2-10-26-13-18(32-14-26)12-22(28)29)27(21-11-17(24)6-9-20(21)25)33(30,31)19-7-4-16(23)5-8-19/h4-9,11,15,18H,2-3,10,12-14H2,1H3,(H,28,29)/t15-,18?/m1/s1. The molecule has 0 radical (unpaired) electrons. The van der Waals surface area contributed by atoms with Crippen LogP contribution in [-0.2, 0) is 14.8 Å². The van der Waals surface area contributed by atoms with Gasteiger partial charge in [-0.1, -0.05) is 34.8 Å². The minimum Gasteiger partial charge on any atom is -0.481 e. The first kappa shape index (κ1) is 26.4. The number of benzene rings is 2. The number of hydrogen-bond acceptors (Lipinski definition) is 5. The molecule has 1 aliphatic rings. The van der Waals surface area contributed by atoms with Gasteiger partial charge in [-0.3, -0.25) is 14.0 Å². The molecule has 6 nitrogen and oxygen atoms in total. The molecule has 0 saturated carbocycles. The highest BCUT2D eigenvalue weighted by Gasteiger charge is 2.31. The van der Waals surface area contributed by atoms with Crippen molar-refractivity contribution >= 4 is 68.2 Å². The number of carboxylic acids is 1. The quantitative estimate of drug-likeness (QED) is 0.398. The van der Waals surface area contributed by atoms with Crippen molar-refractivity contribution in [2.45, 2.75) is 42.4 Å². The first-order valence-corrected chi connectivity index (χ1v) is 14.0. The number of thioether (sulfide) groups is 1. The zero-order chi connectivity index (χ0) is 24.2. The zero-order valence-electron chi connectivity index (χ0n) is 18.0. The van der Waals surface area contributed by atoms with Crippen molar-refractivity contribution in [3.05, 3.63) is 57.5 Å². The third kappa shape index (κ3) is 6.93. The van der Waals surface area contributed by atoms with Crippen LogP contribution in [0.4, 0.5) is 5.69 Å². The van der Waals surface area contributed by atoms with Crippen molar-refractivity contribution in [1.29, 1.82) is 0 Å². The largest absolute Gasteiger partial charge is 0.481 e. The van der Waals surface area contributed by atoms with Crippen LogP contribution in [0.15, 0.2) is 47.4 Å². The Balaban J connectivity index is 1.77. The lowest BCUT2D eigenvalue weighted by Crippen LogP contribution is -2.39. The maximum Gasteiger partial charge on any atom is 0.304 e. The van der Waals surface area contributed by atoms with Crippen LogP contribution in [0.1, 0.15) is 26.2 Å². The minimum absolute atomic E-state index is 0.0898. The smallest absolute Gasteiger partial charge is 0.304 e. The summed E-state index contributed by atoms with van der Waals surface area (Å²) < 4.78 is 28.6. The van der Waals surface area contributed by atoms with Gasteiger partial charge in [-0.05, 0) is 68.8 Å². The fourth-order valence-corrected chi connectivity index (χ4v) is 7.26. The summed E-state index contributed by atoms with van der Waals surface area (Å²) >= 11 is 20.2. The molecule has 0 spiro atoms. The third-order valence-electron chi connectivity index (χ3n) is 5.37. The van der Waals surface area contributed by atoms with Crippen LogP contribution in [0.5, 0.6) is 0 Å². The van der Waals surface area contributed by atoms with Crippen LogP contribution in [0, 0.1) is 0 Å². The third-order valence-corrected chi connectivity index (χ3v) is 9.42. The summed E-state index contributed by atoms with van der Waals surface area (Å²) in [7, 11) is -3.93. The first-order chi connectivity index (χ1) is 15.6. The fraction of sp³-hybridized carbons (Fsp3) is 0.409. The minimum atomic E-state index is -3.93. The van der Waals surface area contributed by atoms with Gasteiger partial charge in [0.2, 0.25) is 0 Å². The molecule has 3 rings (SSSR count). The van der Waals surface area contributed by atoms with Crippen LogP contribution >= 0.6 is 46.6 Å². The molecule has 0 bridgehead atoms. The summed E-state index contributed by atoms with van der Waals surface area (Å²) in [5.41, 5.74) is 0.324. The van der Waals surface area contributed by atoms with E-state index in [0.717, 1.165) is 25.4 Å². The van der Waals surface area contributed by atoms with E-state index < -0.39 is 22.0 Å². The van der Waals surface area contributed by atoms with Crippen LogP contribution in [0.3, 0.4) is 0 Å². The van der Waals surface area contributed by atoms with E-state index in [2.05, 4.69) is 4.90 Å². The number of halogens is 3. The molecule has 0 amide bonds. The molecule has 1 unspecified atom stereocenters. The number of rotatable bonds is 10.